The van der Waals surface area contributed by atoms with E-state index in [9.17, 15) is 13.6 Å². The molecule has 10 heteroatoms. The van der Waals surface area contributed by atoms with Crippen molar-refractivity contribution in [3.63, 3.8) is 0 Å². The van der Waals surface area contributed by atoms with Crippen molar-refractivity contribution in [3.8, 4) is 5.75 Å². The van der Waals surface area contributed by atoms with Gasteiger partial charge in [0.2, 0.25) is 0 Å². The van der Waals surface area contributed by atoms with Crippen LogP contribution in [-0.4, -0.2) is 61.8 Å². The molecule has 2 heterocycles. The number of hydrogen-bond donors (Lipinski definition) is 1. The maximum atomic E-state index is 14.8. The molecule has 1 saturated heterocycles. The Morgan fingerprint density at radius 2 is 1.86 bits per heavy atom. The second-order valence-electron chi connectivity index (χ2n) is 8.31. The van der Waals surface area contributed by atoms with Crippen molar-refractivity contribution >= 4 is 45.5 Å². The molecular weight excluding hydrogens is 490 g/mol. The third kappa shape index (κ3) is 5.17. The molecular formula is C26H29ClF2N4O3. The number of anilines is 3. The maximum Gasteiger partial charge on any atom is 0.341 e. The summed E-state index contributed by atoms with van der Waals surface area (Å²) in [5.74, 6) is -1.78. The Hall–Kier alpha value is -3.17. The van der Waals surface area contributed by atoms with Crippen LogP contribution in [0, 0.1) is 11.6 Å². The highest BCUT2D eigenvalue weighted by Crippen LogP contribution is 2.39. The van der Waals surface area contributed by atoms with Crippen molar-refractivity contribution in [2.75, 3.05) is 56.2 Å². The highest BCUT2D eigenvalue weighted by molar-refractivity contribution is 6.31. The van der Waals surface area contributed by atoms with Crippen molar-refractivity contribution in [1.29, 1.82) is 0 Å². The average Bonchev–Trinajstić information content (AvgIpc) is 2.89. The minimum Gasteiger partial charge on any atom is -0.492 e. The zero-order valence-corrected chi connectivity index (χ0v) is 21.3. The third-order valence-corrected chi connectivity index (χ3v) is 6.55. The van der Waals surface area contributed by atoms with E-state index in [0.29, 0.717) is 23.3 Å². The quantitative estimate of drug-likeness (QED) is 0.306. The molecule has 0 bridgehead atoms. The molecule has 36 heavy (non-hydrogen) atoms. The monoisotopic (exact) mass is 518 g/mol. The minimum atomic E-state index is -0.960. The molecule has 2 aromatic carbocycles. The number of aromatic nitrogens is 1. The molecule has 192 valence electrons. The minimum absolute atomic E-state index is 0.0774. The molecule has 4 rings (SSSR count). The zero-order valence-electron chi connectivity index (χ0n) is 20.5. The molecule has 1 aliphatic heterocycles. The summed E-state index contributed by atoms with van der Waals surface area (Å²) in [4.78, 5) is 21.9. The first-order valence-electron chi connectivity index (χ1n) is 12.0. The summed E-state index contributed by atoms with van der Waals surface area (Å²) in [6.07, 6.45) is 1.38. The molecule has 1 aliphatic rings. The number of nitrogens with one attached hydrogen (secondary N) is 1. The van der Waals surface area contributed by atoms with Gasteiger partial charge in [0.25, 0.3) is 0 Å². The van der Waals surface area contributed by atoms with Crippen LogP contribution in [-0.2, 0) is 4.74 Å². The van der Waals surface area contributed by atoms with Crippen LogP contribution in [0.15, 0.2) is 30.5 Å². The lowest BCUT2D eigenvalue weighted by Crippen LogP contribution is -2.46. The number of halogens is 3. The fourth-order valence-corrected chi connectivity index (χ4v) is 4.45. The number of fused-ring (bicyclic) bond motifs is 1. The van der Waals surface area contributed by atoms with Gasteiger partial charge in [-0.1, -0.05) is 18.5 Å². The number of nitrogens with zero attached hydrogens (tertiary/aromatic N) is 3. The van der Waals surface area contributed by atoms with Gasteiger partial charge in [0, 0.05) is 43.8 Å². The van der Waals surface area contributed by atoms with Crippen molar-refractivity contribution in [2.24, 2.45) is 0 Å². The number of hydrogen-bond acceptors (Lipinski definition) is 7. The van der Waals surface area contributed by atoms with Gasteiger partial charge >= 0.3 is 5.97 Å². The van der Waals surface area contributed by atoms with E-state index in [4.69, 9.17) is 21.1 Å². The largest absolute Gasteiger partial charge is 0.492 e. The van der Waals surface area contributed by atoms with E-state index in [1.165, 1.54) is 12.3 Å². The Morgan fingerprint density at radius 1 is 1.11 bits per heavy atom. The maximum absolute atomic E-state index is 14.8. The normalized spacial score (nSPS) is 14.2. The van der Waals surface area contributed by atoms with Crippen LogP contribution in [0.4, 0.5) is 25.8 Å². The van der Waals surface area contributed by atoms with Gasteiger partial charge in [-0.25, -0.2) is 13.6 Å². The topological polar surface area (TPSA) is 66.9 Å². The van der Waals surface area contributed by atoms with Gasteiger partial charge in [0.15, 0.2) is 5.82 Å². The van der Waals surface area contributed by atoms with Crippen LogP contribution in [0.5, 0.6) is 5.75 Å². The van der Waals surface area contributed by atoms with Gasteiger partial charge in [-0.2, -0.15) is 0 Å². The fraction of sp³-hybridized carbons (Fsp3) is 0.385. The summed E-state index contributed by atoms with van der Waals surface area (Å²) in [5, 5.41) is 2.89. The van der Waals surface area contributed by atoms with E-state index in [0.717, 1.165) is 44.5 Å². The summed E-state index contributed by atoms with van der Waals surface area (Å²) in [5.41, 5.74) is 1.72. The Kier molecular flexibility index (Phi) is 8.11. The Labute approximate surface area is 213 Å². The van der Waals surface area contributed by atoms with Crippen LogP contribution in [0.2, 0.25) is 5.02 Å². The number of ether oxygens (including phenoxy) is 2. The van der Waals surface area contributed by atoms with Crippen molar-refractivity contribution in [3.05, 3.63) is 52.7 Å². The van der Waals surface area contributed by atoms with Crippen molar-refractivity contribution in [1.82, 2.24) is 9.88 Å². The summed E-state index contributed by atoms with van der Waals surface area (Å²) in [7, 11) is 0. The van der Waals surface area contributed by atoms with Crippen LogP contribution in [0.25, 0.3) is 10.9 Å². The molecule has 0 saturated carbocycles. The van der Waals surface area contributed by atoms with E-state index in [1.54, 1.807) is 6.92 Å². The predicted octanol–water partition coefficient (Wildman–Crippen LogP) is 5.63. The predicted molar refractivity (Wildman–Crippen MR) is 138 cm³/mol. The SMILES string of the molecule is CCOC(=O)c1cnc2cc(OCC)c(N3CCN(CC)CC3)cc2c1Nc1ccc(F)c(Cl)c1F. The number of carbonyl (C=O) groups is 1. The van der Waals surface area contributed by atoms with Crippen molar-refractivity contribution in [2.45, 2.75) is 20.8 Å². The molecule has 3 aromatic rings. The summed E-state index contributed by atoms with van der Waals surface area (Å²) in [6, 6.07) is 6.00. The molecule has 0 radical (unpaired) electrons. The molecule has 1 fully saturated rings. The highest BCUT2D eigenvalue weighted by atomic mass is 35.5. The summed E-state index contributed by atoms with van der Waals surface area (Å²) in [6.45, 7) is 10.8. The van der Waals surface area contributed by atoms with Crippen LogP contribution in [0.1, 0.15) is 31.1 Å². The number of rotatable bonds is 8. The molecule has 0 atom stereocenters. The second-order valence-corrected chi connectivity index (χ2v) is 8.68. The van der Waals surface area contributed by atoms with E-state index in [1.807, 2.05) is 19.1 Å². The zero-order chi connectivity index (χ0) is 25.8. The first-order valence-corrected chi connectivity index (χ1v) is 12.4. The summed E-state index contributed by atoms with van der Waals surface area (Å²) < 4.78 is 39.8. The van der Waals surface area contributed by atoms with Gasteiger partial charge in [-0.05, 0) is 38.6 Å². The lowest BCUT2D eigenvalue weighted by Gasteiger charge is -2.36. The molecule has 0 amide bonds. The number of piperazine rings is 1. The van der Waals surface area contributed by atoms with Crippen LogP contribution in [0.3, 0.4) is 0 Å². The number of carbonyl (C=O) groups excluding carboxylic acids is 1. The standard InChI is InChI=1S/C26H29ClF2N4O3/c1-4-32-9-11-33(12-10-32)21-13-16-20(14-22(21)35-5-2)30-15-17(26(34)36-6-3)25(16)31-19-8-7-18(28)23(27)24(19)29/h7-8,13-15H,4-6,9-12H2,1-3H3,(H,30,31). The smallest absolute Gasteiger partial charge is 0.341 e. The van der Waals surface area contributed by atoms with Gasteiger partial charge in [-0.3, -0.25) is 4.98 Å². The van der Waals surface area contributed by atoms with Gasteiger partial charge < -0.3 is 24.6 Å². The first kappa shape index (κ1) is 25.9. The number of esters is 1. The van der Waals surface area contributed by atoms with Gasteiger partial charge in [0.05, 0.1) is 35.8 Å². The number of benzene rings is 2. The van der Waals surface area contributed by atoms with E-state index >= 15 is 0 Å². The summed E-state index contributed by atoms with van der Waals surface area (Å²) >= 11 is 5.80. The molecule has 1 aromatic heterocycles. The van der Waals surface area contributed by atoms with Crippen molar-refractivity contribution < 1.29 is 23.0 Å². The number of pyridine rings is 1. The second kappa shape index (κ2) is 11.3. The van der Waals surface area contributed by atoms with E-state index in [-0.39, 0.29) is 23.5 Å². The molecule has 0 aliphatic carbocycles. The lowest BCUT2D eigenvalue weighted by atomic mass is 10.1. The highest BCUT2D eigenvalue weighted by Gasteiger charge is 2.24. The molecule has 0 unspecified atom stereocenters. The lowest BCUT2D eigenvalue weighted by molar-refractivity contribution is 0.0527. The molecule has 7 nitrogen and oxygen atoms in total. The molecule has 0 spiro atoms. The Balaban J connectivity index is 1.88. The van der Waals surface area contributed by atoms with E-state index < -0.39 is 22.6 Å². The van der Waals surface area contributed by atoms with Gasteiger partial charge in [0.1, 0.15) is 22.2 Å². The Morgan fingerprint density at radius 3 is 2.53 bits per heavy atom. The van der Waals surface area contributed by atoms with Crippen LogP contribution < -0.4 is 15.0 Å². The average molecular weight is 519 g/mol. The third-order valence-electron chi connectivity index (χ3n) is 6.20. The molecule has 1 N–H and O–H groups in total. The number of likely N-dealkylation sites (N-methyl/N-ethyl adjacent to an activating group) is 1. The van der Waals surface area contributed by atoms with Crippen LogP contribution >= 0.6 is 11.6 Å². The Bertz CT molecular complexity index is 1270. The van der Waals surface area contributed by atoms with E-state index in [2.05, 4.69) is 27.0 Å². The first-order chi connectivity index (χ1) is 17.4. The van der Waals surface area contributed by atoms with Gasteiger partial charge in [-0.15, -0.1) is 0 Å². The fourth-order valence-electron chi connectivity index (χ4n) is 4.29.